The molecular formula is C22H29N3O5S2. The standard InChI is InChI=1S/C22H29N3O5S2/c1-17-6-10-19(16-21(17)24-31(2,27)28)23-22(26)13-9-18-7-11-20(12-8-18)32(29,30)25-14-4-3-5-15-25/h6-8,10-12,16,24H,3-5,9,13-15H2,1-2H3,(H,23,26). The molecular weight excluding hydrogens is 450 g/mol. The zero-order valence-electron chi connectivity index (χ0n) is 18.3. The fourth-order valence-electron chi connectivity index (χ4n) is 3.57. The minimum absolute atomic E-state index is 0.209. The Bertz CT molecular complexity index is 1170. The minimum Gasteiger partial charge on any atom is -0.326 e. The minimum atomic E-state index is -3.47. The first-order chi connectivity index (χ1) is 15.0. The van der Waals surface area contributed by atoms with Crippen LogP contribution in [0, 0.1) is 6.92 Å². The quantitative estimate of drug-likeness (QED) is 0.604. The second-order valence-corrected chi connectivity index (χ2v) is 11.7. The van der Waals surface area contributed by atoms with Crippen LogP contribution in [0.15, 0.2) is 47.4 Å². The van der Waals surface area contributed by atoms with E-state index in [-0.39, 0.29) is 17.2 Å². The number of nitrogens with zero attached hydrogens (tertiary/aromatic N) is 1. The zero-order valence-corrected chi connectivity index (χ0v) is 19.9. The van der Waals surface area contributed by atoms with Gasteiger partial charge in [0.2, 0.25) is 26.0 Å². The predicted octanol–water partition coefficient (Wildman–Crippen LogP) is 3.11. The Morgan fingerprint density at radius 3 is 2.25 bits per heavy atom. The van der Waals surface area contributed by atoms with Crippen LogP contribution in [0.4, 0.5) is 11.4 Å². The summed E-state index contributed by atoms with van der Waals surface area (Å²) in [6.07, 6.45) is 4.57. The third kappa shape index (κ3) is 6.54. The lowest BCUT2D eigenvalue weighted by atomic mass is 10.1. The van der Waals surface area contributed by atoms with Crippen LogP contribution in [0.1, 0.15) is 36.8 Å². The van der Waals surface area contributed by atoms with Gasteiger partial charge in [0, 0.05) is 25.2 Å². The molecule has 1 fully saturated rings. The molecule has 0 radical (unpaired) electrons. The van der Waals surface area contributed by atoms with E-state index < -0.39 is 20.0 Å². The van der Waals surface area contributed by atoms with Gasteiger partial charge in [-0.15, -0.1) is 0 Å². The van der Waals surface area contributed by atoms with Crippen LogP contribution < -0.4 is 10.0 Å². The summed E-state index contributed by atoms with van der Waals surface area (Å²) in [5.74, 6) is -0.218. The van der Waals surface area contributed by atoms with E-state index in [1.165, 1.54) is 4.31 Å². The van der Waals surface area contributed by atoms with Crippen LogP contribution in [-0.4, -0.2) is 46.4 Å². The predicted molar refractivity (Wildman–Crippen MR) is 126 cm³/mol. The number of hydrogen-bond donors (Lipinski definition) is 2. The van der Waals surface area contributed by atoms with Crippen molar-refractivity contribution in [1.82, 2.24) is 4.31 Å². The first kappa shape index (κ1) is 24.2. The number of piperidine rings is 1. The van der Waals surface area contributed by atoms with Crippen LogP contribution in [0.25, 0.3) is 0 Å². The number of sulfonamides is 2. The maximum atomic E-state index is 12.7. The first-order valence-electron chi connectivity index (χ1n) is 10.5. The van der Waals surface area contributed by atoms with Gasteiger partial charge in [0.15, 0.2) is 0 Å². The number of nitrogens with one attached hydrogen (secondary N) is 2. The number of carbonyl (C=O) groups excluding carboxylic acids is 1. The Balaban J connectivity index is 1.58. The van der Waals surface area contributed by atoms with E-state index in [1.807, 2.05) is 0 Å². The topological polar surface area (TPSA) is 113 Å². The van der Waals surface area contributed by atoms with E-state index in [9.17, 15) is 21.6 Å². The van der Waals surface area contributed by atoms with Crippen LogP contribution in [-0.2, 0) is 31.3 Å². The molecule has 1 aliphatic heterocycles. The van der Waals surface area contributed by atoms with E-state index >= 15 is 0 Å². The monoisotopic (exact) mass is 479 g/mol. The molecule has 3 rings (SSSR count). The molecule has 1 saturated heterocycles. The molecule has 1 heterocycles. The first-order valence-corrected chi connectivity index (χ1v) is 13.9. The Morgan fingerprint density at radius 1 is 0.969 bits per heavy atom. The van der Waals surface area contributed by atoms with Crippen molar-refractivity contribution >= 4 is 37.3 Å². The number of rotatable bonds is 8. The van der Waals surface area contributed by atoms with Crippen molar-refractivity contribution in [1.29, 1.82) is 0 Å². The lowest BCUT2D eigenvalue weighted by Gasteiger charge is -2.25. The highest BCUT2D eigenvalue weighted by Gasteiger charge is 2.25. The van der Waals surface area contributed by atoms with Gasteiger partial charge >= 0.3 is 0 Å². The van der Waals surface area contributed by atoms with Gasteiger partial charge in [-0.1, -0.05) is 24.6 Å². The molecule has 1 amide bonds. The van der Waals surface area contributed by atoms with Gasteiger partial charge < -0.3 is 5.32 Å². The summed E-state index contributed by atoms with van der Waals surface area (Å²) in [5.41, 5.74) is 2.51. The molecule has 0 spiro atoms. The Kier molecular flexibility index (Phi) is 7.58. The van der Waals surface area contributed by atoms with E-state index in [0.29, 0.717) is 30.9 Å². The van der Waals surface area contributed by atoms with E-state index in [1.54, 1.807) is 49.4 Å². The van der Waals surface area contributed by atoms with Gasteiger partial charge in [-0.25, -0.2) is 16.8 Å². The molecule has 0 bridgehead atoms. The third-order valence-electron chi connectivity index (χ3n) is 5.33. The molecule has 10 heteroatoms. The summed E-state index contributed by atoms with van der Waals surface area (Å²) in [6.45, 7) is 2.89. The largest absolute Gasteiger partial charge is 0.326 e. The molecule has 0 saturated carbocycles. The maximum absolute atomic E-state index is 12.7. The highest BCUT2D eigenvalue weighted by atomic mass is 32.2. The molecule has 0 aromatic heterocycles. The molecule has 1 aliphatic rings. The molecule has 32 heavy (non-hydrogen) atoms. The summed E-state index contributed by atoms with van der Waals surface area (Å²) in [7, 11) is -6.89. The summed E-state index contributed by atoms with van der Waals surface area (Å²) in [6, 6.07) is 11.7. The SMILES string of the molecule is Cc1ccc(NC(=O)CCc2ccc(S(=O)(=O)N3CCCCC3)cc2)cc1NS(C)(=O)=O. The summed E-state index contributed by atoms with van der Waals surface area (Å²) in [5, 5.41) is 2.77. The number of anilines is 2. The zero-order chi connectivity index (χ0) is 23.4. The molecule has 2 aromatic rings. The van der Waals surface area contributed by atoms with E-state index in [2.05, 4.69) is 10.0 Å². The third-order valence-corrected chi connectivity index (χ3v) is 7.84. The van der Waals surface area contributed by atoms with Crippen molar-refractivity contribution in [3.8, 4) is 0 Å². The van der Waals surface area contributed by atoms with Crippen molar-refractivity contribution in [2.45, 2.75) is 43.9 Å². The lowest BCUT2D eigenvalue weighted by Crippen LogP contribution is -2.35. The normalized spacial score (nSPS) is 15.3. The number of carbonyl (C=O) groups is 1. The van der Waals surface area contributed by atoms with Crippen molar-refractivity contribution in [2.75, 3.05) is 29.4 Å². The summed E-state index contributed by atoms with van der Waals surface area (Å²) >= 11 is 0. The molecule has 174 valence electrons. The molecule has 0 unspecified atom stereocenters. The second kappa shape index (κ2) is 10.0. The van der Waals surface area contributed by atoms with Crippen LogP contribution >= 0.6 is 0 Å². The fraction of sp³-hybridized carbons (Fsp3) is 0.409. The number of hydrogen-bond acceptors (Lipinski definition) is 5. The smallest absolute Gasteiger partial charge is 0.243 e. The average molecular weight is 480 g/mol. The fourth-order valence-corrected chi connectivity index (χ4v) is 5.71. The van der Waals surface area contributed by atoms with E-state index in [0.717, 1.165) is 36.6 Å². The molecule has 8 nitrogen and oxygen atoms in total. The van der Waals surface area contributed by atoms with Gasteiger partial charge in [-0.3, -0.25) is 9.52 Å². The highest BCUT2D eigenvalue weighted by molar-refractivity contribution is 7.92. The van der Waals surface area contributed by atoms with Crippen molar-refractivity contribution < 1.29 is 21.6 Å². The van der Waals surface area contributed by atoms with Gasteiger partial charge in [0.25, 0.3) is 0 Å². The van der Waals surface area contributed by atoms with Crippen LogP contribution in [0.5, 0.6) is 0 Å². The summed E-state index contributed by atoms with van der Waals surface area (Å²) < 4.78 is 52.4. The van der Waals surface area contributed by atoms with Gasteiger partial charge in [-0.05, 0) is 61.6 Å². The number of amides is 1. The Morgan fingerprint density at radius 2 is 1.62 bits per heavy atom. The van der Waals surface area contributed by atoms with Crippen molar-refractivity contribution in [3.05, 3.63) is 53.6 Å². The number of benzene rings is 2. The second-order valence-electron chi connectivity index (χ2n) is 8.06. The lowest BCUT2D eigenvalue weighted by molar-refractivity contribution is -0.116. The molecule has 2 aromatic carbocycles. The van der Waals surface area contributed by atoms with Crippen LogP contribution in [0.2, 0.25) is 0 Å². The van der Waals surface area contributed by atoms with E-state index in [4.69, 9.17) is 0 Å². The van der Waals surface area contributed by atoms with Crippen molar-refractivity contribution in [2.24, 2.45) is 0 Å². The van der Waals surface area contributed by atoms with Gasteiger partial charge in [0.05, 0.1) is 16.8 Å². The molecule has 2 N–H and O–H groups in total. The Hall–Kier alpha value is -2.43. The van der Waals surface area contributed by atoms with Gasteiger partial charge in [-0.2, -0.15) is 4.31 Å². The average Bonchev–Trinajstić information content (AvgIpc) is 2.74. The highest BCUT2D eigenvalue weighted by Crippen LogP contribution is 2.23. The molecule has 0 atom stereocenters. The maximum Gasteiger partial charge on any atom is 0.243 e. The number of aryl methyl sites for hydroxylation is 2. The van der Waals surface area contributed by atoms with Gasteiger partial charge in [0.1, 0.15) is 0 Å². The summed E-state index contributed by atoms with van der Waals surface area (Å²) in [4.78, 5) is 12.6. The molecule has 0 aliphatic carbocycles. The van der Waals surface area contributed by atoms with Crippen LogP contribution in [0.3, 0.4) is 0 Å². The van der Waals surface area contributed by atoms with Crippen molar-refractivity contribution in [3.63, 3.8) is 0 Å². The Labute approximate surface area is 190 Å².